The summed E-state index contributed by atoms with van der Waals surface area (Å²) in [6.07, 6.45) is 1.29. The number of rotatable bonds is 4. The first kappa shape index (κ1) is 15.3. The molecule has 6 heteroatoms. The van der Waals surface area contributed by atoms with Gasteiger partial charge in [0, 0.05) is 12.1 Å². The maximum atomic E-state index is 12.4. The van der Waals surface area contributed by atoms with Crippen molar-refractivity contribution in [1.29, 1.82) is 0 Å². The van der Waals surface area contributed by atoms with Crippen molar-refractivity contribution < 1.29 is 19.1 Å². The Balaban J connectivity index is 1.77. The largest absolute Gasteiger partial charge is 0.480 e. The van der Waals surface area contributed by atoms with Crippen molar-refractivity contribution in [1.82, 2.24) is 9.88 Å². The van der Waals surface area contributed by atoms with Crippen molar-refractivity contribution in [2.24, 2.45) is 0 Å². The summed E-state index contributed by atoms with van der Waals surface area (Å²) in [6.45, 7) is 2.25. The summed E-state index contributed by atoms with van der Waals surface area (Å²) in [4.78, 5) is 29.4. The molecule has 1 saturated heterocycles. The third-order valence-corrected chi connectivity index (χ3v) is 4.09. The van der Waals surface area contributed by atoms with E-state index in [1.54, 1.807) is 6.92 Å². The van der Waals surface area contributed by atoms with Gasteiger partial charge in [-0.25, -0.2) is 9.78 Å². The van der Waals surface area contributed by atoms with E-state index in [1.165, 1.54) is 4.90 Å². The minimum Gasteiger partial charge on any atom is -0.480 e. The first-order valence-corrected chi connectivity index (χ1v) is 7.60. The maximum absolute atomic E-state index is 12.4. The summed E-state index contributed by atoms with van der Waals surface area (Å²) in [5.74, 6) is -0.103. The van der Waals surface area contributed by atoms with E-state index in [0.29, 0.717) is 30.3 Å². The van der Waals surface area contributed by atoms with Crippen LogP contribution >= 0.6 is 0 Å². The normalized spacial score (nSPS) is 17.4. The molecule has 1 amide bonds. The summed E-state index contributed by atoms with van der Waals surface area (Å²) in [5.41, 5.74) is 1.41. The Morgan fingerprint density at radius 1 is 1.35 bits per heavy atom. The number of carboxylic acids is 1. The summed E-state index contributed by atoms with van der Waals surface area (Å²) in [5, 5.41) is 9.18. The zero-order valence-corrected chi connectivity index (χ0v) is 12.9. The minimum atomic E-state index is -0.947. The van der Waals surface area contributed by atoms with Gasteiger partial charge in [-0.2, -0.15) is 0 Å². The van der Waals surface area contributed by atoms with E-state index < -0.39 is 12.0 Å². The fourth-order valence-electron chi connectivity index (χ4n) is 2.86. The number of carbonyl (C=O) groups is 2. The monoisotopic (exact) mass is 314 g/mol. The first-order chi connectivity index (χ1) is 11.1. The Labute approximate surface area is 133 Å². The molecule has 1 unspecified atom stereocenters. The molecular formula is C17H18N2O4. The van der Waals surface area contributed by atoms with Gasteiger partial charge in [-0.05, 0) is 31.9 Å². The molecule has 0 bridgehead atoms. The minimum absolute atomic E-state index is 0.0615. The van der Waals surface area contributed by atoms with E-state index in [4.69, 9.17) is 4.42 Å². The van der Waals surface area contributed by atoms with E-state index in [1.807, 2.05) is 30.3 Å². The molecule has 120 valence electrons. The quantitative estimate of drug-likeness (QED) is 0.936. The number of aromatic nitrogens is 1. The lowest BCUT2D eigenvalue weighted by atomic mass is 10.2. The highest BCUT2D eigenvalue weighted by Gasteiger charge is 2.34. The molecule has 2 aromatic rings. The van der Waals surface area contributed by atoms with Crippen LogP contribution in [0, 0.1) is 6.92 Å². The van der Waals surface area contributed by atoms with Gasteiger partial charge in [0.05, 0.1) is 12.1 Å². The Morgan fingerprint density at radius 3 is 2.78 bits per heavy atom. The van der Waals surface area contributed by atoms with Gasteiger partial charge in [-0.1, -0.05) is 18.2 Å². The van der Waals surface area contributed by atoms with Crippen LogP contribution in [-0.4, -0.2) is 39.5 Å². The second kappa shape index (κ2) is 6.24. The second-order valence-corrected chi connectivity index (χ2v) is 5.65. The number of aliphatic carboxylic acids is 1. The maximum Gasteiger partial charge on any atom is 0.326 e. The fourth-order valence-corrected chi connectivity index (χ4v) is 2.86. The molecule has 6 nitrogen and oxygen atoms in total. The van der Waals surface area contributed by atoms with Crippen molar-refractivity contribution >= 4 is 11.9 Å². The molecule has 1 aliphatic rings. The van der Waals surface area contributed by atoms with Crippen molar-refractivity contribution in [3.63, 3.8) is 0 Å². The molecule has 2 heterocycles. The van der Waals surface area contributed by atoms with Gasteiger partial charge >= 0.3 is 5.97 Å². The highest BCUT2D eigenvalue weighted by atomic mass is 16.4. The predicted octanol–water partition coefficient (Wildman–Crippen LogP) is 2.27. The smallest absolute Gasteiger partial charge is 0.326 e. The molecule has 0 saturated carbocycles. The zero-order chi connectivity index (χ0) is 16.4. The number of oxazole rings is 1. The number of benzene rings is 1. The number of hydrogen-bond acceptors (Lipinski definition) is 4. The number of likely N-dealkylation sites (tertiary alicyclic amines) is 1. The molecule has 1 aromatic heterocycles. The van der Waals surface area contributed by atoms with Crippen LogP contribution in [0.1, 0.15) is 24.3 Å². The van der Waals surface area contributed by atoms with Crippen LogP contribution in [0.4, 0.5) is 0 Å². The van der Waals surface area contributed by atoms with Gasteiger partial charge in [0.25, 0.3) is 0 Å². The van der Waals surface area contributed by atoms with Gasteiger partial charge in [0.1, 0.15) is 11.8 Å². The molecule has 0 radical (unpaired) electrons. The van der Waals surface area contributed by atoms with Crippen molar-refractivity contribution in [3.8, 4) is 11.5 Å². The van der Waals surface area contributed by atoms with Crippen LogP contribution in [0.25, 0.3) is 11.5 Å². The number of nitrogens with zero attached hydrogens (tertiary/aromatic N) is 2. The molecule has 1 atom stereocenters. The van der Waals surface area contributed by atoms with E-state index in [9.17, 15) is 14.7 Å². The van der Waals surface area contributed by atoms with E-state index in [0.717, 1.165) is 12.0 Å². The van der Waals surface area contributed by atoms with Crippen molar-refractivity contribution in [2.75, 3.05) is 6.54 Å². The van der Waals surface area contributed by atoms with Crippen molar-refractivity contribution in [2.45, 2.75) is 32.2 Å². The number of hydrogen-bond donors (Lipinski definition) is 1. The summed E-state index contributed by atoms with van der Waals surface area (Å²) in [6, 6.07) is 8.74. The molecule has 0 spiro atoms. The SMILES string of the molecule is Cc1oc(-c2ccccc2)nc1CC(=O)N1CCCC1C(=O)O. The Morgan fingerprint density at radius 2 is 2.09 bits per heavy atom. The van der Waals surface area contributed by atoms with Crippen LogP contribution in [-0.2, 0) is 16.0 Å². The molecular weight excluding hydrogens is 296 g/mol. The lowest BCUT2D eigenvalue weighted by Gasteiger charge is -2.20. The number of carbonyl (C=O) groups excluding carboxylic acids is 1. The van der Waals surface area contributed by atoms with Gasteiger partial charge in [-0.3, -0.25) is 4.79 Å². The molecule has 1 N–H and O–H groups in total. The average Bonchev–Trinajstić information content (AvgIpc) is 3.16. The summed E-state index contributed by atoms with van der Waals surface area (Å²) in [7, 11) is 0. The van der Waals surface area contributed by atoms with Crippen LogP contribution < -0.4 is 0 Å². The van der Waals surface area contributed by atoms with Crippen LogP contribution in [0.3, 0.4) is 0 Å². The highest BCUT2D eigenvalue weighted by Crippen LogP contribution is 2.23. The van der Waals surface area contributed by atoms with Crippen LogP contribution in [0.5, 0.6) is 0 Å². The Hall–Kier alpha value is -2.63. The zero-order valence-electron chi connectivity index (χ0n) is 12.9. The standard InChI is InChI=1S/C17H18N2O4/c1-11-13(18-16(23-11)12-6-3-2-4-7-12)10-15(20)19-9-5-8-14(19)17(21)22/h2-4,6-7,14H,5,8-10H2,1H3,(H,21,22). The first-order valence-electron chi connectivity index (χ1n) is 7.60. The van der Waals surface area contributed by atoms with Gasteiger partial charge in [0.15, 0.2) is 0 Å². The van der Waals surface area contributed by atoms with Gasteiger partial charge in [-0.15, -0.1) is 0 Å². The number of amides is 1. The lowest BCUT2D eigenvalue weighted by Crippen LogP contribution is -2.41. The number of carboxylic acid groups (broad SMARTS) is 1. The lowest BCUT2D eigenvalue weighted by molar-refractivity contribution is -0.148. The molecule has 0 aliphatic carbocycles. The fraction of sp³-hybridized carbons (Fsp3) is 0.353. The van der Waals surface area contributed by atoms with E-state index >= 15 is 0 Å². The Kier molecular flexibility index (Phi) is 4.14. The molecule has 3 rings (SSSR count). The molecule has 1 fully saturated rings. The summed E-state index contributed by atoms with van der Waals surface area (Å²) < 4.78 is 5.64. The molecule has 23 heavy (non-hydrogen) atoms. The van der Waals surface area contributed by atoms with Crippen LogP contribution in [0.2, 0.25) is 0 Å². The second-order valence-electron chi connectivity index (χ2n) is 5.65. The number of aryl methyl sites for hydroxylation is 1. The summed E-state index contributed by atoms with van der Waals surface area (Å²) >= 11 is 0. The van der Waals surface area contributed by atoms with E-state index in [-0.39, 0.29) is 12.3 Å². The topological polar surface area (TPSA) is 83.6 Å². The highest BCUT2D eigenvalue weighted by molar-refractivity contribution is 5.85. The molecule has 1 aliphatic heterocycles. The van der Waals surface area contributed by atoms with Crippen LogP contribution in [0.15, 0.2) is 34.7 Å². The molecule has 1 aromatic carbocycles. The van der Waals surface area contributed by atoms with E-state index in [2.05, 4.69) is 4.98 Å². The predicted molar refractivity (Wildman–Crippen MR) is 82.8 cm³/mol. The third kappa shape index (κ3) is 3.11. The van der Waals surface area contributed by atoms with Gasteiger partial charge in [0.2, 0.25) is 11.8 Å². The Bertz CT molecular complexity index is 723. The average molecular weight is 314 g/mol. The van der Waals surface area contributed by atoms with Gasteiger partial charge < -0.3 is 14.4 Å². The third-order valence-electron chi connectivity index (χ3n) is 4.09. The van der Waals surface area contributed by atoms with Crippen molar-refractivity contribution in [3.05, 3.63) is 41.8 Å².